The van der Waals surface area contributed by atoms with Crippen molar-refractivity contribution in [2.45, 2.75) is 25.8 Å². The third-order valence-electron chi connectivity index (χ3n) is 3.66. The number of piperidine rings is 1. The fourth-order valence-electron chi connectivity index (χ4n) is 2.61. The quantitative estimate of drug-likeness (QED) is 0.933. The minimum Gasteiger partial charge on any atom is -0.495 e. The van der Waals surface area contributed by atoms with Gasteiger partial charge < -0.3 is 15.4 Å². The van der Waals surface area contributed by atoms with Gasteiger partial charge in [0.15, 0.2) is 0 Å². The molecule has 1 fully saturated rings. The van der Waals surface area contributed by atoms with Crippen molar-refractivity contribution in [1.82, 2.24) is 4.90 Å². The molecule has 1 aromatic heterocycles. The van der Waals surface area contributed by atoms with Crippen LogP contribution >= 0.6 is 23.7 Å². The maximum atomic E-state index is 12.6. The molecule has 0 radical (unpaired) electrons. The summed E-state index contributed by atoms with van der Waals surface area (Å²) in [4.78, 5) is 15.2. The molecule has 1 saturated heterocycles. The van der Waals surface area contributed by atoms with Gasteiger partial charge in [0.05, 0.1) is 7.11 Å². The highest BCUT2D eigenvalue weighted by atomic mass is 35.5. The molecule has 0 bridgehead atoms. The lowest BCUT2D eigenvalue weighted by Crippen LogP contribution is -2.51. The van der Waals surface area contributed by atoms with E-state index in [0.717, 1.165) is 19.4 Å². The molecule has 0 saturated carbocycles. The Morgan fingerprint density at radius 1 is 1.63 bits per heavy atom. The highest BCUT2D eigenvalue weighted by molar-refractivity contribution is 7.12. The number of carbonyl (C=O) groups excluding carboxylic acids is 1. The second-order valence-electron chi connectivity index (χ2n) is 4.74. The van der Waals surface area contributed by atoms with E-state index in [0.29, 0.717) is 23.1 Å². The number of ether oxygens (including phenoxy) is 1. The van der Waals surface area contributed by atoms with Gasteiger partial charge in [-0.25, -0.2) is 0 Å². The van der Waals surface area contributed by atoms with Crippen LogP contribution in [0.15, 0.2) is 11.4 Å². The smallest absolute Gasteiger partial charge is 0.268 e. The Bertz CT molecular complexity index is 425. The molecule has 1 aliphatic rings. The molecule has 108 valence electrons. The van der Waals surface area contributed by atoms with Crippen molar-refractivity contribution in [3.05, 3.63) is 16.3 Å². The fourth-order valence-corrected chi connectivity index (χ4v) is 3.42. The molecule has 6 heteroatoms. The van der Waals surface area contributed by atoms with E-state index in [1.807, 2.05) is 16.3 Å². The van der Waals surface area contributed by atoms with Crippen molar-refractivity contribution < 1.29 is 9.53 Å². The molecule has 2 N–H and O–H groups in total. The molecular weight excluding hydrogens is 284 g/mol. The molecule has 2 rings (SSSR count). The molecule has 1 aromatic rings. The summed E-state index contributed by atoms with van der Waals surface area (Å²) in [5.41, 5.74) is 5.82. The van der Waals surface area contributed by atoms with Gasteiger partial charge >= 0.3 is 0 Å². The number of carbonyl (C=O) groups is 1. The van der Waals surface area contributed by atoms with Gasteiger partial charge in [-0.3, -0.25) is 4.79 Å². The highest BCUT2D eigenvalue weighted by Crippen LogP contribution is 2.30. The lowest BCUT2D eigenvalue weighted by molar-refractivity contribution is 0.0534. The van der Waals surface area contributed by atoms with Gasteiger partial charge in [0.1, 0.15) is 10.6 Å². The van der Waals surface area contributed by atoms with Gasteiger partial charge in [-0.1, -0.05) is 6.92 Å². The van der Waals surface area contributed by atoms with E-state index in [-0.39, 0.29) is 24.4 Å². The number of nitrogens with zero attached hydrogens (tertiary/aromatic N) is 1. The van der Waals surface area contributed by atoms with Crippen LogP contribution in [0.25, 0.3) is 0 Å². The van der Waals surface area contributed by atoms with Crippen molar-refractivity contribution in [2.75, 3.05) is 20.2 Å². The van der Waals surface area contributed by atoms with Gasteiger partial charge in [-0.2, -0.15) is 0 Å². The van der Waals surface area contributed by atoms with Crippen LogP contribution in [0.2, 0.25) is 0 Å². The lowest BCUT2D eigenvalue weighted by Gasteiger charge is -2.39. The summed E-state index contributed by atoms with van der Waals surface area (Å²) in [6.07, 6.45) is 2.20. The maximum Gasteiger partial charge on any atom is 0.268 e. The number of hydrogen-bond donors (Lipinski definition) is 1. The Kier molecular flexibility index (Phi) is 6.10. The van der Waals surface area contributed by atoms with Gasteiger partial charge in [0, 0.05) is 19.1 Å². The van der Waals surface area contributed by atoms with E-state index in [2.05, 4.69) is 6.92 Å². The standard InChI is InChI=1S/C13H20N2O2S.ClH/c1-9-4-3-6-15(10(9)8-14)13(16)12-11(17-2)5-7-18-12;/h5,7,9-10H,3-4,6,8,14H2,1-2H3;1H. The van der Waals surface area contributed by atoms with Crippen LogP contribution in [0.1, 0.15) is 29.4 Å². The zero-order valence-electron chi connectivity index (χ0n) is 11.3. The molecule has 1 aliphatic heterocycles. The Hall–Kier alpha value is -0.780. The number of likely N-dealkylation sites (tertiary alicyclic amines) is 1. The van der Waals surface area contributed by atoms with Gasteiger partial charge in [-0.05, 0) is 30.2 Å². The number of thiophene rings is 1. The van der Waals surface area contributed by atoms with Crippen molar-refractivity contribution in [2.24, 2.45) is 11.7 Å². The molecular formula is C13H21ClN2O2S. The summed E-state index contributed by atoms with van der Waals surface area (Å²) in [6.45, 7) is 3.50. The van der Waals surface area contributed by atoms with Gasteiger partial charge in [0.25, 0.3) is 5.91 Å². The summed E-state index contributed by atoms with van der Waals surface area (Å²) in [6, 6.07) is 1.99. The molecule has 2 atom stereocenters. The van der Waals surface area contributed by atoms with E-state index in [4.69, 9.17) is 10.5 Å². The zero-order valence-corrected chi connectivity index (χ0v) is 12.9. The largest absolute Gasteiger partial charge is 0.495 e. The van der Waals surface area contributed by atoms with E-state index in [1.54, 1.807) is 7.11 Å². The first kappa shape index (κ1) is 16.3. The summed E-state index contributed by atoms with van der Waals surface area (Å²) in [5, 5.41) is 1.89. The fraction of sp³-hybridized carbons (Fsp3) is 0.615. The minimum atomic E-state index is 0. The monoisotopic (exact) mass is 304 g/mol. The summed E-state index contributed by atoms with van der Waals surface area (Å²) in [7, 11) is 1.60. The molecule has 0 aliphatic carbocycles. The van der Waals surface area contributed by atoms with Crippen molar-refractivity contribution in [3.8, 4) is 5.75 Å². The van der Waals surface area contributed by atoms with E-state index in [1.165, 1.54) is 11.3 Å². The first-order chi connectivity index (χ1) is 8.69. The number of methoxy groups -OCH3 is 1. The molecule has 2 heterocycles. The van der Waals surface area contributed by atoms with Gasteiger partial charge in [-0.15, -0.1) is 23.7 Å². The second-order valence-corrected chi connectivity index (χ2v) is 5.66. The van der Waals surface area contributed by atoms with Gasteiger partial charge in [0.2, 0.25) is 0 Å². The molecule has 1 amide bonds. The Morgan fingerprint density at radius 3 is 3.00 bits per heavy atom. The van der Waals surface area contributed by atoms with E-state index in [9.17, 15) is 4.79 Å². The van der Waals surface area contributed by atoms with Crippen LogP contribution in [0.3, 0.4) is 0 Å². The third kappa shape index (κ3) is 3.22. The summed E-state index contributed by atoms with van der Waals surface area (Å²) in [5.74, 6) is 1.20. The minimum absolute atomic E-state index is 0. The first-order valence-corrected chi connectivity index (χ1v) is 7.19. The molecule has 2 unspecified atom stereocenters. The Labute approximate surface area is 124 Å². The normalized spacial score (nSPS) is 22.8. The first-order valence-electron chi connectivity index (χ1n) is 6.31. The average Bonchev–Trinajstić information content (AvgIpc) is 2.85. The van der Waals surface area contributed by atoms with E-state index >= 15 is 0 Å². The number of halogens is 1. The molecule has 0 aromatic carbocycles. The van der Waals surface area contributed by atoms with Crippen LogP contribution in [-0.2, 0) is 0 Å². The number of hydrogen-bond acceptors (Lipinski definition) is 4. The molecule has 19 heavy (non-hydrogen) atoms. The van der Waals surface area contributed by atoms with Crippen LogP contribution in [0.5, 0.6) is 5.75 Å². The number of rotatable bonds is 3. The lowest BCUT2D eigenvalue weighted by atomic mass is 9.90. The van der Waals surface area contributed by atoms with E-state index < -0.39 is 0 Å². The third-order valence-corrected chi connectivity index (χ3v) is 4.54. The molecule has 4 nitrogen and oxygen atoms in total. The molecule has 0 spiro atoms. The SMILES string of the molecule is COc1ccsc1C(=O)N1CCCC(C)C1CN.Cl. The predicted molar refractivity (Wildman–Crippen MR) is 80.4 cm³/mol. The van der Waals surface area contributed by atoms with Crippen LogP contribution < -0.4 is 10.5 Å². The van der Waals surface area contributed by atoms with Crippen molar-refractivity contribution in [3.63, 3.8) is 0 Å². The van der Waals surface area contributed by atoms with Crippen LogP contribution in [0, 0.1) is 5.92 Å². The Morgan fingerprint density at radius 2 is 2.37 bits per heavy atom. The average molecular weight is 305 g/mol. The van der Waals surface area contributed by atoms with Crippen LogP contribution in [-0.4, -0.2) is 37.0 Å². The van der Waals surface area contributed by atoms with Crippen molar-refractivity contribution >= 4 is 29.7 Å². The number of amides is 1. The van der Waals surface area contributed by atoms with Crippen molar-refractivity contribution in [1.29, 1.82) is 0 Å². The van der Waals surface area contributed by atoms with Crippen LogP contribution in [0.4, 0.5) is 0 Å². The predicted octanol–water partition coefficient (Wildman–Crippen LogP) is 2.38. The second kappa shape index (κ2) is 7.12. The maximum absolute atomic E-state index is 12.6. The Balaban J connectivity index is 0.00000180. The summed E-state index contributed by atoms with van der Waals surface area (Å²) < 4.78 is 5.22. The summed E-state index contributed by atoms with van der Waals surface area (Å²) >= 11 is 1.43. The zero-order chi connectivity index (χ0) is 13.1. The topological polar surface area (TPSA) is 55.6 Å². The highest BCUT2D eigenvalue weighted by Gasteiger charge is 2.32. The number of nitrogens with two attached hydrogens (primary N) is 1.